The second-order valence-electron chi connectivity index (χ2n) is 11.8. The van der Waals surface area contributed by atoms with Crippen molar-refractivity contribution in [2.45, 2.75) is 5.66 Å². The van der Waals surface area contributed by atoms with Crippen molar-refractivity contribution in [3.63, 3.8) is 0 Å². The van der Waals surface area contributed by atoms with Crippen LogP contribution in [0.25, 0.3) is 55.6 Å². The molecule has 3 aliphatic rings. The Hall–Kier alpha value is -5.94. The van der Waals surface area contributed by atoms with Crippen LogP contribution in [0.3, 0.4) is 0 Å². The van der Waals surface area contributed by atoms with Crippen molar-refractivity contribution < 1.29 is 14.0 Å². The minimum absolute atomic E-state index is 0.664. The fraction of sp³-hybridized carbons (Fsp3) is 0.0256. The maximum Gasteiger partial charge on any atom is 0.397 e. The quantitative estimate of drug-likeness (QED) is 0.200. The molecule has 204 valence electrons. The molecule has 8 aromatic rings. The monoisotopic (exact) mass is 564 g/mol. The summed E-state index contributed by atoms with van der Waals surface area (Å²) < 4.78 is 16.4. The Morgan fingerprint density at radius 3 is 2.23 bits per heavy atom. The number of hydrogen-bond donors (Lipinski definition) is 0. The zero-order chi connectivity index (χ0) is 28.6. The maximum atomic E-state index is 6.86. The second-order valence-corrected chi connectivity index (χ2v) is 11.8. The normalized spacial score (nSPS) is 16.5. The van der Waals surface area contributed by atoms with Crippen molar-refractivity contribution in [3.8, 4) is 45.3 Å². The van der Waals surface area contributed by atoms with Gasteiger partial charge in [-0.05, 0) is 59.2 Å². The average Bonchev–Trinajstić information content (AvgIpc) is 3.78. The summed E-state index contributed by atoms with van der Waals surface area (Å²) in [6, 6.07) is 45.7. The minimum atomic E-state index is -0.664. The van der Waals surface area contributed by atoms with E-state index in [0.717, 1.165) is 28.6 Å². The van der Waals surface area contributed by atoms with Gasteiger partial charge in [-0.15, -0.1) is 4.68 Å². The van der Waals surface area contributed by atoms with Gasteiger partial charge < -0.3 is 4.74 Å². The Balaban J connectivity index is 1.27. The van der Waals surface area contributed by atoms with E-state index in [9.17, 15) is 0 Å². The van der Waals surface area contributed by atoms with E-state index in [1.165, 1.54) is 49.6 Å². The van der Waals surface area contributed by atoms with Crippen LogP contribution < -0.4 is 14.0 Å². The van der Waals surface area contributed by atoms with Crippen molar-refractivity contribution >= 4 is 21.8 Å². The Morgan fingerprint density at radius 2 is 1.32 bits per heavy atom. The lowest BCUT2D eigenvalue weighted by Gasteiger charge is -2.32. The number of benzene rings is 5. The van der Waals surface area contributed by atoms with Crippen LogP contribution in [0.15, 0.2) is 146 Å². The number of aromatic nitrogens is 4. The van der Waals surface area contributed by atoms with Gasteiger partial charge in [-0.2, -0.15) is 9.13 Å². The highest BCUT2D eigenvalue weighted by Crippen LogP contribution is 2.56. The smallest absolute Gasteiger partial charge is 0.397 e. The van der Waals surface area contributed by atoms with Crippen LogP contribution >= 0.6 is 0 Å². The van der Waals surface area contributed by atoms with Crippen LogP contribution in [-0.2, 0) is 5.66 Å². The zero-order valence-corrected chi connectivity index (χ0v) is 23.6. The van der Waals surface area contributed by atoms with Crippen molar-refractivity contribution in [1.29, 1.82) is 0 Å². The van der Waals surface area contributed by atoms with E-state index < -0.39 is 5.66 Å². The Kier molecular flexibility index (Phi) is 3.97. The van der Waals surface area contributed by atoms with E-state index in [-0.39, 0.29) is 0 Å². The predicted molar refractivity (Wildman–Crippen MR) is 169 cm³/mol. The third-order valence-electron chi connectivity index (χ3n) is 9.82. The average molecular weight is 565 g/mol. The third-order valence-corrected chi connectivity index (χ3v) is 9.82. The fourth-order valence-corrected chi connectivity index (χ4v) is 8.14. The van der Waals surface area contributed by atoms with E-state index in [1.807, 2.05) is 0 Å². The van der Waals surface area contributed by atoms with Crippen LogP contribution in [0.1, 0.15) is 11.1 Å². The molecule has 0 N–H and O–H groups in total. The van der Waals surface area contributed by atoms with Crippen molar-refractivity contribution in [3.05, 3.63) is 157 Å². The Morgan fingerprint density at radius 1 is 0.568 bits per heavy atom. The van der Waals surface area contributed by atoms with Crippen molar-refractivity contribution in [2.75, 3.05) is 0 Å². The first-order valence-electron chi connectivity index (χ1n) is 15.0. The molecule has 3 aliphatic heterocycles. The first-order valence-corrected chi connectivity index (χ1v) is 15.0. The number of pyridine rings is 1. The number of fused-ring (bicyclic) bond motifs is 7. The van der Waals surface area contributed by atoms with E-state index in [4.69, 9.17) is 4.74 Å². The summed E-state index contributed by atoms with van der Waals surface area (Å²) in [4.78, 5) is 0. The van der Waals surface area contributed by atoms with E-state index in [2.05, 4.69) is 164 Å². The molecule has 0 fully saturated rings. The number of ether oxygens (including phenoxy) is 1. The highest BCUT2D eigenvalue weighted by Gasteiger charge is 2.68. The molecule has 0 bridgehead atoms. The molecule has 0 amide bonds. The topological polar surface area (TPSA) is 26.8 Å². The Labute approximate surface area is 252 Å². The molecule has 1 unspecified atom stereocenters. The molecule has 1 spiro atoms. The Bertz CT molecular complexity index is 2520. The summed E-state index contributed by atoms with van der Waals surface area (Å²) in [6.07, 6.45) is 6.62. The molecule has 44 heavy (non-hydrogen) atoms. The molecule has 5 aromatic carbocycles. The van der Waals surface area contributed by atoms with Gasteiger partial charge in [0, 0.05) is 28.5 Å². The van der Waals surface area contributed by atoms with E-state index in [1.54, 1.807) is 0 Å². The molecule has 0 radical (unpaired) electrons. The van der Waals surface area contributed by atoms with Gasteiger partial charge in [0.25, 0.3) is 5.82 Å². The van der Waals surface area contributed by atoms with Gasteiger partial charge in [-0.1, -0.05) is 77.5 Å². The molecular weight excluding hydrogens is 540 g/mol. The van der Waals surface area contributed by atoms with Crippen LogP contribution in [0, 0.1) is 0 Å². The van der Waals surface area contributed by atoms with Crippen molar-refractivity contribution in [1.82, 2.24) is 9.25 Å². The molecule has 0 aliphatic carbocycles. The minimum Gasteiger partial charge on any atom is -0.456 e. The summed E-state index contributed by atoms with van der Waals surface area (Å²) in [6.45, 7) is 0. The largest absolute Gasteiger partial charge is 0.456 e. The lowest BCUT2D eigenvalue weighted by molar-refractivity contribution is -0.993. The maximum absolute atomic E-state index is 6.86. The van der Waals surface area contributed by atoms with Gasteiger partial charge in [0.15, 0.2) is 16.6 Å². The van der Waals surface area contributed by atoms with Gasteiger partial charge in [0.2, 0.25) is 6.20 Å². The summed E-state index contributed by atoms with van der Waals surface area (Å²) in [5.74, 6) is 2.91. The van der Waals surface area contributed by atoms with Gasteiger partial charge in [0.05, 0.1) is 12.4 Å². The third kappa shape index (κ3) is 2.47. The number of nitrogens with zero attached hydrogens (tertiary/aromatic N) is 4. The summed E-state index contributed by atoms with van der Waals surface area (Å²) >= 11 is 0. The summed E-state index contributed by atoms with van der Waals surface area (Å²) in [7, 11) is 0. The van der Waals surface area contributed by atoms with Crippen LogP contribution in [0.2, 0.25) is 0 Å². The second kappa shape index (κ2) is 7.71. The molecular formula is C39H24N4O+2. The highest BCUT2D eigenvalue weighted by atomic mass is 16.5. The molecule has 6 heterocycles. The molecule has 0 saturated heterocycles. The van der Waals surface area contributed by atoms with Gasteiger partial charge in [-0.3, -0.25) is 0 Å². The lowest BCUT2D eigenvalue weighted by Crippen LogP contribution is -2.76. The molecule has 5 nitrogen and oxygen atoms in total. The van der Waals surface area contributed by atoms with Crippen LogP contribution in [0.4, 0.5) is 0 Å². The summed E-state index contributed by atoms with van der Waals surface area (Å²) in [5, 5.41) is 2.48. The van der Waals surface area contributed by atoms with Crippen LogP contribution in [-0.4, -0.2) is 9.25 Å². The lowest BCUT2D eigenvalue weighted by atomic mass is 9.83. The zero-order valence-electron chi connectivity index (χ0n) is 23.6. The fourth-order valence-electron chi connectivity index (χ4n) is 8.14. The number of hydrogen-bond acceptors (Lipinski definition) is 1. The number of rotatable bonds is 2. The van der Waals surface area contributed by atoms with Gasteiger partial charge in [-0.25, -0.2) is 0 Å². The standard InChI is InChI=1S/C39H24N4O/c1-2-9-25(10-3-1)26-14-16-27(17-15-26)28-18-20-32-35-37(28)41-23-8-24-42(41)39(35)36-33(44-32)21-19-30-29-11-4-5-12-31(29)43(38(30)36)34-13-6-7-22-40(34)39/h1-24H/q+2. The van der Waals surface area contributed by atoms with E-state index in [0.29, 0.717) is 0 Å². The summed E-state index contributed by atoms with van der Waals surface area (Å²) in [5.41, 5.74) is 9.99. The highest BCUT2D eigenvalue weighted by molar-refractivity contribution is 6.11. The van der Waals surface area contributed by atoms with Crippen LogP contribution in [0.5, 0.6) is 11.5 Å². The SMILES string of the molecule is c1ccc(-c2ccc(-c3ccc4c5c3-n3ccc[n+]3C53c5c(ccc6c7ccccc7n(c56)-c5cccc[n+]53)O4)cc2)cc1. The molecule has 5 heteroatoms. The first kappa shape index (κ1) is 22.6. The number of para-hydroxylation sites is 1. The predicted octanol–water partition coefficient (Wildman–Crippen LogP) is 7.51. The first-order chi connectivity index (χ1) is 21.8. The molecule has 0 saturated carbocycles. The van der Waals surface area contributed by atoms with Crippen molar-refractivity contribution in [2.24, 2.45) is 0 Å². The molecule has 3 aromatic heterocycles. The molecule has 1 atom stereocenters. The molecule has 11 rings (SSSR count). The van der Waals surface area contributed by atoms with Gasteiger partial charge >= 0.3 is 5.66 Å². The van der Waals surface area contributed by atoms with Gasteiger partial charge in [0.1, 0.15) is 22.7 Å². The van der Waals surface area contributed by atoms with E-state index >= 15 is 0 Å².